The normalized spacial score (nSPS) is 11.1. The summed E-state index contributed by atoms with van der Waals surface area (Å²) in [5, 5.41) is 3.08. The maximum Gasteiger partial charge on any atom is 0.309 e. The Morgan fingerprint density at radius 2 is 1.84 bits per heavy atom. The summed E-state index contributed by atoms with van der Waals surface area (Å²) in [5.74, 6) is -0.709. The number of benzene rings is 1. The topological polar surface area (TPSA) is 81.4 Å². The molecule has 0 radical (unpaired) electrons. The van der Waals surface area contributed by atoms with Crippen molar-refractivity contribution < 1.29 is 14.3 Å². The van der Waals surface area contributed by atoms with E-state index in [1.165, 1.54) is 7.11 Å². The SMILES string of the molecule is COC(=O)Cc1ccccc1CNC(C)(C)C(N)=O. The van der Waals surface area contributed by atoms with E-state index in [4.69, 9.17) is 5.73 Å². The van der Waals surface area contributed by atoms with Gasteiger partial charge in [0.25, 0.3) is 0 Å². The average Bonchev–Trinajstić information content (AvgIpc) is 2.37. The Hall–Kier alpha value is -1.88. The molecule has 19 heavy (non-hydrogen) atoms. The van der Waals surface area contributed by atoms with Crippen LogP contribution in [0.15, 0.2) is 24.3 Å². The smallest absolute Gasteiger partial charge is 0.309 e. The van der Waals surface area contributed by atoms with Crippen LogP contribution in [0.4, 0.5) is 0 Å². The summed E-state index contributed by atoms with van der Waals surface area (Å²) in [6.07, 6.45) is 0.214. The van der Waals surface area contributed by atoms with Crippen molar-refractivity contribution in [2.45, 2.75) is 32.4 Å². The lowest BCUT2D eigenvalue weighted by molar-refractivity contribution is -0.139. The summed E-state index contributed by atoms with van der Waals surface area (Å²) in [6.45, 7) is 3.90. The first kappa shape index (κ1) is 15.2. The van der Waals surface area contributed by atoms with Gasteiger partial charge >= 0.3 is 5.97 Å². The van der Waals surface area contributed by atoms with Crippen LogP contribution in [0.25, 0.3) is 0 Å². The highest BCUT2D eigenvalue weighted by atomic mass is 16.5. The maximum absolute atomic E-state index is 11.3. The first-order chi connectivity index (χ1) is 8.86. The number of methoxy groups -OCH3 is 1. The third kappa shape index (κ3) is 4.37. The van der Waals surface area contributed by atoms with Crippen molar-refractivity contribution in [1.82, 2.24) is 5.32 Å². The van der Waals surface area contributed by atoms with Crippen molar-refractivity contribution in [3.05, 3.63) is 35.4 Å². The molecule has 0 aliphatic heterocycles. The number of primary amides is 1. The van der Waals surface area contributed by atoms with Crippen molar-refractivity contribution in [2.75, 3.05) is 7.11 Å². The first-order valence-electron chi connectivity index (χ1n) is 6.05. The van der Waals surface area contributed by atoms with Gasteiger partial charge in [-0.3, -0.25) is 14.9 Å². The number of esters is 1. The zero-order chi connectivity index (χ0) is 14.5. The summed E-state index contributed by atoms with van der Waals surface area (Å²) >= 11 is 0. The number of carbonyl (C=O) groups excluding carboxylic acids is 2. The number of nitrogens with two attached hydrogens (primary N) is 1. The van der Waals surface area contributed by atoms with Gasteiger partial charge in [-0.15, -0.1) is 0 Å². The van der Waals surface area contributed by atoms with Crippen LogP contribution in [-0.4, -0.2) is 24.5 Å². The van der Waals surface area contributed by atoms with Crippen LogP contribution in [0, 0.1) is 0 Å². The van der Waals surface area contributed by atoms with E-state index in [0.717, 1.165) is 11.1 Å². The first-order valence-corrected chi connectivity index (χ1v) is 6.05. The van der Waals surface area contributed by atoms with Crippen molar-refractivity contribution in [3.8, 4) is 0 Å². The fourth-order valence-electron chi connectivity index (χ4n) is 1.53. The van der Waals surface area contributed by atoms with Crippen molar-refractivity contribution in [3.63, 3.8) is 0 Å². The number of carbonyl (C=O) groups is 2. The summed E-state index contributed by atoms with van der Waals surface area (Å²) in [6, 6.07) is 7.52. The molecule has 0 fully saturated rings. The Bertz CT molecular complexity index is 470. The van der Waals surface area contributed by atoms with Gasteiger partial charge in [-0.2, -0.15) is 0 Å². The molecule has 0 aromatic heterocycles. The molecule has 5 nitrogen and oxygen atoms in total. The van der Waals surface area contributed by atoms with Crippen LogP contribution in [0.3, 0.4) is 0 Å². The quantitative estimate of drug-likeness (QED) is 0.743. The van der Waals surface area contributed by atoms with E-state index in [9.17, 15) is 9.59 Å². The predicted molar refractivity (Wildman–Crippen MR) is 72.3 cm³/mol. The lowest BCUT2D eigenvalue weighted by atomic mass is 10.0. The van der Waals surface area contributed by atoms with Gasteiger partial charge in [0.1, 0.15) is 0 Å². The molecular weight excluding hydrogens is 244 g/mol. The third-order valence-electron chi connectivity index (χ3n) is 3.02. The molecule has 1 rings (SSSR count). The van der Waals surface area contributed by atoms with Crippen LogP contribution >= 0.6 is 0 Å². The zero-order valence-corrected chi connectivity index (χ0v) is 11.5. The van der Waals surface area contributed by atoms with Gasteiger partial charge < -0.3 is 10.5 Å². The second-order valence-corrected chi connectivity index (χ2v) is 4.86. The van der Waals surface area contributed by atoms with Gasteiger partial charge in [-0.1, -0.05) is 24.3 Å². The van der Waals surface area contributed by atoms with Crippen LogP contribution < -0.4 is 11.1 Å². The lowest BCUT2D eigenvalue weighted by Crippen LogP contribution is -2.50. The number of rotatable bonds is 6. The molecule has 0 saturated heterocycles. The minimum absolute atomic E-state index is 0.214. The maximum atomic E-state index is 11.3. The average molecular weight is 264 g/mol. The van der Waals surface area contributed by atoms with Crippen molar-refractivity contribution in [1.29, 1.82) is 0 Å². The highest BCUT2D eigenvalue weighted by molar-refractivity contribution is 5.83. The van der Waals surface area contributed by atoms with E-state index in [0.29, 0.717) is 6.54 Å². The van der Waals surface area contributed by atoms with Gasteiger partial charge in [0.05, 0.1) is 19.1 Å². The van der Waals surface area contributed by atoms with Gasteiger partial charge in [0, 0.05) is 6.54 Å². The Kier molecular flexibility index (Phi) is 5.06. The van der Waals surface area contributed by atoms with E-state index in [-0.39, 0.29) is 12.4 Å². The van der Waals surface area contributed by atoms with E-state index < -0.39 is 11.4 Å². The molecule has 5 heteroatoms. The molecular formula is C14H20N2O3. The highest BCUT2D eigenvalue weighted by Crippen LogP contribution is 2.12. The molecule has 0 aliphatic rings. The number of hydrogen-bond acceptors (Lipinski definition) is 4. The second kappa shape index (κ2) is 6.33. The minimum Gasteiger partial charge on any atom is -0.469 e. The Morgan fingerprint density at radius 1 is 1.26 bits per heavy atom. The van der Waals surface area contributed by atoms with Crippen molar-refractivity contribution in [2.24, 2.45) is 5.73 Å². The van der Waals surface area contributed by atoms with Gasteiger partial charge in [0.2, 0.25) is 5.91 Å². The van der Waals surface area contributed by atoms with Gasteiger partial charge in [0.15, 0.2) is 0 Å². The Morgan fingerprint density at radius 3 is 2.37 bits per heavy atom. The number of ether oxygens (including phenoxy) is 1. The molecule has 0 heterocycles. The standard InChI is InChI=1S/C14H20N2O3/c1-14(2,13(15)18)16-9-11-7-5-4-6-10(11)8-12(17)19-3/h4-7,16H,8-9H2,1-3H3,(H2,15,18). The minimum atomic E-state index is -0.793. The Labute approximate surface area is 113 Å². The van der Waals surface area contributed by atoms with Crippen molar-refractivity contribution >= 4 is 11.9 Å². The van der Waals surface area contributed by atoms with Gasteiger partial charge in [-0.25, -0.2) is 0 Å². The molecule has 0 unspecified atom stereocenters. The van der Waals surface area contributed by atoms with E-state index >= 15 is 0 Å². The highest BCUT2D eigenvalue weighted by Gasteiger charge is 2.24. The fraction of sp³-hybridized carbons (Fsp3) is 0.429. The third-order valence-corrected chi connectivity index (χ3v) is 3.02. The van der Waals surface area contributed by atoms with E-state index in [1.807, 2.05) is 24.3 Å². The molecule has 104 valence electrons. The fourth-order valence-corrected chi connectivity index (χ4v) is 1.53. The molecule has 0 aliphatic carbocycles. The summed E-state index contributed by atoms with van der Waals surface area (Å²) < 4.78 is 4.66. The monoisotopic (exact) mass is 264 g/mol. The summed E-state index contributed by atoms with van der Waals surface area (Å²) in [4.78, 5) is 22.6. The molecule has 1 aromatic rings. The predicted octanol–water partition coefficient (Wildman–Crippen LogP) is 0.756. The molecule has 3 N–H and O–H groups in total. The zero-order valence-electron chi connectivity index (χ0n) is 11.5. The lowest BCUT2D eigenvalue weighted by Gasteiger charge is -2.23. The molecule has 1 aromatic carbocycles. The van der Waals surface area contributed by atoms with Gasteiger partial charge in [-0.05, 0) is 25.0 Å². The number of hydrogen-bond donors (Lipinski definition) is 2. The van der Waals surface area contributed by atoms with Crippen LogP contribution in [0.2, 0.25) is 0 Å². The summed E-state index contributed by atoms with van der Waals surface area (Å²) in [5.41, 5.74) is 6.33. The molecule has 0 bridgehead atoms. The molecule has 1 amide bonds. The van der Waals surface area contributed by atoms with Crippen LogP contribution in [0.5, 0.6) is 0 Å². The van der Waals surface area contributed by atoms with Crippen LogP contribution in [-0.2, 0) is 27.3 Å². The summed E-state index contributed by atoms with van der Waals surface area (Å²) in [7, 11) is 1.36. The molecule has 0 spiro atoms. The van der Waals surface area contributed by atoms with E-state index in [1.54, 1.807) is 13.8 Å². The largest absolute Gasteiger partial charge is 0.469 e. The van der Waals surface area contributed by atoms with E-state index in [2.05, 4.69) is 10.1 Å². The molecule has 0 saturated carbocycles. The van der Waals surface area contributed by atoms with Crippen LogP contribution in [0.1, 0.15) is 25.0 Å². The second-order valence-electron chi connectivity index (χ2n) is 4.86. The number of nitrogens with one attached hydrogen (secondary N) is 1. The molecule has 0 atom stereocenters. The Balaban J connectivity index is 2.78. The number of amides is 1.